The highest BCUT2D eigenvalue weighted by Gasteiger charge is 2.39. The van der Waals surface area contributed by atoms with E-state index in [0.717, 1.165) is 12.8 Å². The number of rotatable bonds is 5. The van der Waals surface area contributed by atoms with E-state index < -0.39 is 12.1 Å². The zero-order valence-corrected chi connectivity index (χ0v) is 12.7. The van der Waals surface area contributed by atoms with Gasteiger partial charge >= 0.3 is 0 Å². The second kappa shape index (κ2) is 6.57. The molecule has 0 radical (unpaired) electrons. The van der Waals surface area contributed by atoms with Gasteiger partial charge < -0.3 is 15.0 Å². The SMILES string of the molecule is CC(C)C1NC(=O)C(C)N(CCOC2CCCC2)C1=O. The lowest BCUT2D eigenvalue weighted by atomic mass is 9.98. The predicted molar refractivity (Wildman–Crippen MR) is 76.2 cm³/mol. The van der Waals surface area contributed by atoms with E-state index in [9.17, 15) is 9.59 Å². The summed E-state index contributed by atoms with van der Waals surface area (Å²) in [7, 11) is 0. The van der Waals surface area contributed by atoms with Crippen molar-refractivity contribution in [3.05, 3.63) is 0 Å². The molecule has 114 valence electrons. The molecular formula is C15H26N2O3. The largest absolute Gasteiger partial charge is 0.376 e. The number of ether oxygens (including phenoxy) is 1. The van der Waals surface area contributed by atoms with Crippen LogP contribution in [0.1, 0.15) is 46.5 Å². The number of carbonyl (C=O) groups is 2. The predicted octanol–water partition coefficient (Wildman–Crippen LogP) is 1.32. The van der Waals surface area contributed by atoms with Crippen molar-refractivity contribution in [1.29, 1.82) is 0 Å². The van der Waals surface area contributed by atoms with Gasteiger partial charge in [-0.25, -0.2) is 0 Å². The van der Waals surface area contributed by atoms with Gasteiger partial charge in [0.2, 0.25) is 11.8 Å². The highest BCUT2D eigenvalue weighted by molar-refractivity contribution is 5.96. The Balaban J connectivity index is 1.89. The van der Waals surface area contributed by atoms with Crippen LogP contribution in [0.25, 0.3) is 0 Å². The molecule has 1 N–H and O–H groups in total. The Labute approximate surface area is 121 Å². The van der Waals surface area contributed by atoms with Crippen molar-refractivity contribution in [3.8, 4) is 0 Å². The van der Waals surface area contributed by atoms with E-state index in [-0.39, 0.29) is 17.7 Å². The van der Waals surface area contributed by atoms with Gasteiger partial charge in [-0.05, 0) is 25.7 Å². The molecule has 1 heterocycles. The summed E-state index contributed by atoms with van der Waals surface area (Å²) in [5.41, 5.74) is 0. The monoisotopic (exact) mass is 282 g/mol. The summed E-state index contributed by atoms with van der Waals surface area (Å²) in [5.74, 6) is 0.0588. The number of nitrogens with zero attached hydrogens (tertiary/aromatic N) is 1. The van der Waals surface area contributed by atoms with Crippen LogP contribution < -0.4 is 5.32 Å². The van der Waals surface area contributed by atoms with Gasteiger partial charge in [-0.15, -0.1) is 0 Å². The van der Waals surface area contributed by atoms with Crippen LogP contribution in [0.4, 0.5) is 0 Å². The van der Waals surface area contributed by atoms with Crippen molar-refractivity contribution >= 4 is 11.8 Å². The van der Waals surface area contributed by atoms with Gasteiger partial charge in [-0.2, -0.15) is 0 Å². The quantitative estimate of drug-likeness (QED) is 0.827. The van der Waals surface area contributed by atoms with Gasteiger partial charge in [-0.1, -0.05) is 26.7 Å². The van der Waals surface area contributed by atoms with Crippen molar-refractivity contribution in [2.24, 2.45) is 5.92 Å². The van der Waals surface area contributed by atoms with Crippen LogP contribution in [0, 0.1) is 5.92 Å². The van der Waals surface area contributed by atoms with Crippen molar-refractivity contribution in [1.82, 2.24) is 10.2 Å². The van der Waals surface area contributed by atoms with Gasteiger partial charge in [0.05, 0.1) is 12.7 Å². The first-order chi connectivity index (χ1) is 9.50. The molecule has 20 heavy (non-hydrogen) atoms. The molecule has 2 amide bonds. The average molecular weight is 282 g/mol. The lowest BCUT2D eigenvalue weighted by Crippen LogP contribution is -2.64. The summed E-state index contributed by atoms with van der Waals surface area (Å²) in [6.07, 6.45) is 5.07. The zero-order chi connectivity index (χ0) is 14.7. The number of amides is 2. The summed E-state index contributed by atoms with van der Waals surface area (Å²) in [4.78, 5) is 26.0. The van der Waals surface area contributed by atoms with Crippen LogP contribution in [0.3, 0.4) is 0 Å². The van der Waals surface area contributed by atoms with Crippen molar-refractivity contribution in [2.75, 3.05) is 13.2 Å². The Kier molecular flexibility index (Phi) is 5.02. The Morgan fingerprint density at radius 2 is 1.95 bits per heavy atom. The van der Waals surface area contributed by atoms with E-state index in [0.29, 0.717) is 19.3 Å². The van der Waals surface area contributed by atoms with Gasteiger partial charge in [0.25, 0.3) is 0 Å². The van der Waals surface area contributed by atoms with E-state index in [1.165, 1.54) is 12.8 Å². The molecule has 2 unspecified atom stereocenters. The fourth-order valence-corrected chi connectivity index (χ4v) is 2.98. The summed E-state index contributed by atoms with van der Waals surface area (Å²) in [5, 5.41) is 2.81. The third kappa shape index (κ3) is 3.32. The Bertz CT molecular complexity index is 364. The van der Waals surface area contributed by atoms with Gasteiger partial charge in [0, 0.05) is 6.54 Å². The van der Waals surface area contributed by atoms with Gasteiger partial charge in [0.15, 0.2) is 0 Å². The number of piperazine rings is 1. The minimum absolute atomic E-state index is 0.0159. The molecule has 0 aromatic heterocycles. The average Bonchev–Trinajstić information content (AvgIpc) is 2.90. The Hall–Kier alpha value is -1.10. The van der Waals surface area contributed by atoms with Gasteiger partial charge in [0.1, 0.15) is 12.1 Å². The minimum Gasteiger partial charge on any atom is -0.376 e. The van der Waals surface area contributed by atoms with Crippen LogP contribution in [-0.4, -0.2) is 48.1 Å². The maximum absolute atomic E-state index is 12.4. The van der Waals surface area contributed by atoms with Crippen molar-refractivity contribution in [3.63, 3.8) is 0 Å². The molecule has 2 fully saturated rings. The molecule has 5 nitrogen and oxygen atoms in total. The molecule has 1 aliphatic heterocycles. The molecule has 0 aromatic carbocycles. The topological polar surface area (TPSA) is 58.6 Å². The molecule has 0 spiro atoms. The molecule has 0 aromatic rings. The van der Waals surface area contributed by atoms with Crippen LogP contribution in [0.5, 0.6) is 0 Å². The van der Waals surface area contributed by atoms with Crippen LogP contribution in [-0.2, 0) is 14.3 Å². The van der Waals surface area contributed by atoms with Crippen LogP contribution >= 0.6 is 0 Å². The van der Waals surface area contributed by atoms with E-state index >= 15 is 0 Å². The lowest BCUT2D eigenvalue weighted by molar-refractivity contribution is -0.151. The second-order valence-corrected chi connectivity index (χ2v) is 6.22. The van der Waals surface area contributed by atoms with E-state index in [1.54, 1.807) is 11.8 Å². The lowest BCUT2D eigenvalue weighted by Gasteiger charge is -2.38. The molecule has 5 heteroatoms. The molecule has 2 atom stereocenters. The fourth-order valence-electron chi connectivity index (χ4n) is 2.98. The highest BCUT2D eigenvalue weighted by atomic mass is 16.5. The first-order valence-corrected chi connectivity index (χ1v) is 7.73. The third-order valence-corrected chi connectivity index (χ3v) is 4.35. The summed E-state index contributed by atoms with van der Waals surface area (Å²) < 4.78 is 5.81. The molecule has 1 saturated carbocycles. The molecule has 2 aliphatic rings. The summed E-state index contributed by atoms with van der Waals surface area (Å²) >= 11 is 0. The number of carbonyl (C=O) groups excluding carboxylic acids is 2. The molecular weight excluding hydrogens is 256 g/mol. The van der Waals surface area contributed by atoms with Crippen molar-refractivity contribution < 1.29 is 14.3 Å². The van der Waals surface area contributed by atoms with E-state index in [2.05, 4.69) is 5.32 Å². The Morgan fingerprint density at radius 3 is 2.55 bits per heavy atom. The van der Waals surface area contributed by atoms with E-state index in [1.807, 2.05) is 13.8 Å². The minimum atomic E-state index is -0.398. The maximum atomic E-state index is 12.4. The van der Waals surface area contributed by atoms with Crippen LogP contribution in [0.15, 0.2) is 0 Å². The zero-order valence-electron chi connectivity index (χ0n) is 12.7. The fraction of sp³-hybridized carbons (Fsp3) is 0.867. The molecule has 2 rings (SSSR count). The van der Waals surface area contributed by atoms with E-state index in [4.69, 9.17) is 4.74 Å². The number of hydrogen-bond acceptors (Lipinski definition) is 3. The first-order valence-electron chi connectivity index (χ1n) is 7.73. The van der Waals surface area contributed by atoms with Crippen molar-refractivity contribution in [2.45, 2.75) is 64.6 Å². The molecule has 0 bridgehead atoms. The highest BCUT2D eigenvalue weighted by Crippen LogP contribution is 2.21. The summed E-state index contributed by atoms with van der Waals surface area (Å²) in [6.45, 7) is 6.71. The standard InChI is InChI=1S/C15H26N2O3/c1-10(2)13-15(19)17(11(3)14(18)16-13)8-9-20-12-6-4-5-7-12/h10-13H,4-9H2,1-3H3,(H,16,18). The maximum Gasteiger partial charge on any atom is 0.246 e. The molecule has 1 saturated heterocycles. The normalized spacial score (nSPS) is 28.3. The number of nitrogens with one attached hydrogen (secondary N) is 1. The molecule has 1 aliphatic carbocycles. The first kappa shape index (κ1) is 15.3. The Morgan fingerprint density at radius 1 is 1.30 bits per heavy atom. The third-order valence-electron chi connectivity index (χ3n) is 4.35. The number of hydrogen-bond donors (Lipinski definition) is 1. The van der Waals surface area contributed by atoms with Gasteiger partial charge in [-0.3, -0.25) is 9.59 Å². The second-order valence-electron chi connectivity index (χ2n) is 6.22. The smallest absolute Gasteiger partial charge is 0.246 e. The van der Waals surface area contributed by atoms with Crippen LogP contribution in [0.2, 0.25) is 0 Å². The summed E-state index contributed by atoms with van der Waals surface area (Å²) in [6, 6.07) is -0.796.